The van der Waals surface area contributed by atoms with Crippen molar-refractivity contribution in [3.8, 4) is 0 Å². The lowest BCUT2D eigenvalue weighted by molar-refractivity contribution is -0.126. The topological polar surface area (TPSA) is 64.3 Å². The summed E-state index contributed by atoms with van der Waals surface area (Å²) in [5.74, 6) is 0.104. The molecule has 2 atom stereocenters. The standard InChI is InChI=1S/C12H24N2O2/c1-9(2)16-8-7-14-12(15)10-5-3-4-6-11(10)13/h9-11H,3-8,13H2,1-2H3,(H,14,15). The van der Waals surface area contributed by atoms with Crippen LogP contribution in [0.3, 0.4) is 0 Å². The minimum absolute atomic E-state index is 0.00722. The van der Waals surface area contributed by atoms with Gasteiger partial charge in [0.05, 0.1) is 18.6 Å². The number of ether oxygens (including phenoxy) is 1. The quantitative estimate of drug-likeness (QED) is 0.691. The molecular weight excluding hydrogens is 204 g/mol. The number of amides is 1. The SMILES string of the molecule is CC(C)OCCNC(=O)C1CCCCC1N. The lowest BCUT2D eigenvalue weighted by Crippen LogP contribution is -2.44. The van der Waals surface area contributed by atoms with E-state index in [-0.39, 0.29) is 24.0 Å². The van der Waals surface area contributed by atoms with E-state index in [4.69, 9.17) is 10.5 Å². The molecule has 1 fully saturated rings. The van der Waals surface area contributed by atoms with Crippen molar-refractivity contribution in [2.75, 3.05) is 13.2 Å². The molecule has 16 heavy (non-hydrogen) atoms. The molecule has 1 aliphatic carbocycles. The zero-order valence-electron chi connectivity index (χ0n) is 10.4. The Kier molecular flexibility index (Phi) is 5.77. The Labute approximate surface area is 97.9 Å². The van der Waals surface area contributed by atoms with Gasteiger partial charge in [-0.2, -0.15) is 0 Å². The van der Waals surface area contributed by atoms with E-state index in [1.165, 1.54) is 0 Å². The van der Waals surface area contributed by atoms with Crippen LogP contribution in [0.25, 0.3) is 0 Å². The molecule has 0 aromatic heterocycles. The van der Waals surface area contributed by atoms with Crippen molar-refractivity contribution in [1.29, 1.82) is 0 Å². The van der Waals surface area contributed by atoms with Crippen LogP contribution in [0, 0.1) is 5.92 Å². The van der Waals surface area contributed by atoms with E-state index in [9.17, 15) is 4.79 Å². The van der Waals surface area contributed by atoms with Gasteiger partial charge in [-0.25, -0.2) is 0 Å². The Morgan fingerprint density at radius 1 is 1.44 bits per heavy atom. The monoisotopic (exact) mass is 228 g/mol. The summed E-state index contributed by atoms with van der Waals surface area (Å²) in [5, 5.41) is 2.89. The highest BCUT2D eigenvalue weighted by molar-refractivity contribution is 5.79. The first-order chi connectivity index (χ1) is 7.61. The average Bonchev–Trinajstić information content (AvgIpc) is 2.24. The zero-order chi connectivity index (χ0) is 12.0. The Balaban J connectivity index is 2.18. The van der Waals surface area contributed by atoms with Crippen molar-refractivity contribution in [2.24, 2.45) is 11.7 Å². The minimum Gasteiger partial charge on any atom is -0.377 e. The molecule has 4 heteroatoms. The number of hydrogen-bond acceptors (Lipinski definition) is 3. The molecule has 1 rings (SSSR count). The second kappa shape index (κ2) is 6.86. The maximum Gasteiger partial charge on any atom is 0.224 e. The predicted octanol–water partition coefficient (Wildman–Crippen LogP) is 1.05. The molecule has 1 saturated carbocycles. The molecule has 2 unspecified atom stereocenters. The second-order valence-corrected chi connectivity index (χ2v) is 4.77. The molecule has 4 nitrogen and oxygen atoms in total. The normalized spacial score (nSPS) is 25.8. The van der Waals surface area contributed by atoms with Gasteiger partial charge in [-0.15, -0.1) is 0 Å². The van der Waals surface area contributed by atoms with E-state index in [0.717, 1.165) is 25.7 Å². The summed E-state index contributed by atoms with van der Waals surface area (Å²) in [6.45, 7) is 5.13. The highest BCUT2D eigenvalue weighted by atomic mass is 16.5. The fraction of sp³-hybridized carbons (Fsp3) is 0.917. The van der Waals surface area contributed by atoms with Gasteiger partial charge in [-0.3, -0.25) is 4.79 Å². The van der Waals surface area contributed by atoms with Crippen LogP contribution < -0.4 is 11.1 Å². The molecule has 1 aliphatic rings. The molecular formula is C12H24N2O2. The van der Waals surface area contributed by atoms with Gasteiger partial charge in [-0.05, 0) is 26.7 Å². The summed E-state index contributed by atoms with van der Waals surface area (Å²) in [4.78, 5) is 11.8. The van der Waals surface area contributed by atoms with Gasteiger partial charge < -0.3 is 15.8 Å². The van der Waals surface area contributed by atoms with Gasteiger partial charge in [0.15, 0.2) is 0 Å². The smallest absolute Gasteiger partial charge is 0.224 e. The van der Waals surface area contributed by atoms with Crippen molar-refractivity contribution in [3.05, 3.63) is 0 Å². The van der Waals surface area contributed by atoms with Crippen molar-refractivity contribution in [1.82, 2.24) is 5.32 Å². The van der Waals surface area contributed by atoms with E-state index in [1.54, 1.807) is 0 Å². The first-order valence-electron chi connectivity index (χ1n) is 6.26. The van der Waals surface area contributed by atoms with Crippen molar-refractivity contribution < 1.29 is 9.53 Å². The molecule has 0 radical (unpaired) electrons. The van der Waals surface area contributed by atoms with E-state index in [0.29, 0.717) is 13.2 Å². The van der Waals surface area contributed by atoms with Crippen LogP contribution in [0.15, 0.2) is 0 Å². The largest absolute Gasteiger partial charge is 0.377 e. The highest BCUT2D eigenvalue weighted by Gasteiger charge is 2.27. The molecule has 0 aliphatic heterocycles. The van der Waals surface area contributed by atoms with E-state index in [2.05, 4.69) is 5.32 Å². The molecule has 0 bridgehead atoms. The second-order valence-electron chi connectivity index (χ2n) is 4.77. The summed E-state index contributed by atoms with van der Waals surface area (Å²) in [6.07, 6.45) is 4.39. The van der Waals surface area contributed by atoms with Crippen LogP contribution in [0.4, 0.5) is 0 Å². The maximum atomic E-state index is 11.8. The number of nitrogens with two attached hydrogens (primary N) is 1. The zero-order valence-corrected chi connectivity index (χ0v) is 10.4. The predicted molar refractivity (Wildman–Crippen MR) is 64.0 cm³/mol. The molecule has 3 N–H and O–H groups in total. The Morgan fingerprint density at radius 2 is 2.12 bits per heavy atom. The lowest BCUT2D eigenvalue weighted by Gasteiger charge is -2.27. The van der Waals surface area contributed by atoms with Crippen LogP contribution in [-0.4, -0.2) is 31.2 Å². The third-order valence-corrected chi connectivity index (χ3v) is 3.01. The average molecular weight is 228 g/mol. The fourth-order valence-corrected chi connectivity index (χ4v) is 2.09. The van der Waals surface area contributed by atoms with Crippen LogP contribution in [0.1, 0.15) is 39.5 Å². The summed E-state index contributed by atoms with van der Waals surface area (Å²) >= 11 is 0. The van der Waals surface area contributed by atoms with E-state index in [1.807, 2.05) is 13.8 Å². The van der Waals surface area contributed by atoms with Gasteiger partial charge in [0.1, 0.15) is 0 Å². The van der Waals surface area contributed by atoms with Gasteiger partial charge >= 0.3 is 0 Å². The molecule has 94 valence electrons. The summed E-state index contributed by atoms with van der Waals surface area (Å²) in [7, 11) is 0. The lowest BCUT2D eigenvalue weighted by atomic mass is 9.84. The number of nitrogens with one attached hydrogen (secondary N) is 1. The third-order valence-electron chi connectivity index (χ3n) is 3.01. The van der Waals surface area contributed by atoms with E-state index >= 15 is 0 Å². The van der Waals surface area contributed by atoms with Crippen LogP contribution in [0.5, 0.6) is 0 Å². The van der Waals surface area contributed by atoms with Gasteiger partial charge in [0.2, 0.25) is 5.91 Å². The van der Waals surface area contributed by atoms with Gasteiger partial charge in [0, 0.05) is 12.6 Å². The highest BCUT2D eigenvalue weighted by Crippen LogP contribution is 2.22. The Bertz CT molecular complexity index is 219. The molecule has 0 heterocycles. The number of hydrogen-bond donors (Lipinski definition) is 2. The first-order valence-corrected chi connectivity index (χ1v) is 6.26. The molecule has 1 amide bonds. The van der Waals surface area contributed by atoms with Crippen molar-refractivity contribution in [2.45, 2.75) is 51.7 Å². The first kappa shape index (κ1) is 13.5. The molecule has 0 saturated heterocycles. The Morgan fingerprint density at radius 3 is 2.75 bits per heavy atom. The Hall–Kier alpha value is -0.610. The van der Waals surface area contributed by atoms with Crippen molar-refractivity contribution >= 4 is 5.91 Å². The van der Waals surface area contributed by atoms with Crippen LogP contribution in [-0.2, 0) is 9.53 Å². The van der Waals surface area contributed by atoms with Gasteiger partial charge in [-0.1, -0.05) is 12.8 Å². The summed E-state index contributed by atoms with van der Waals surface area (Å²) < 4.78 is 5.36. The summed E-state index contributed by atoms with van der Waals surface area (Å²) in [5.41, 5.74) is 5.94. The minimum atomic E-state index is 0.00722. The van der Waals surface area contributed by atoms with Crippen molar-refractivity contribution in [3.63, 3.8) is 0 Å². The van der Waals surface area contributed by atoms with Crippen LogP contribution in [0.2, 0.25) is 0 Å². The third kappa shape index (κ3) is 4.49. The maximum absolute atomic E-state index is 11.8. The number of carbonyl (C=O) groups is 1. The number of carbonyl (C=O) groups excluding carboxylic acids is 1. The molecule has 0 aromatic rings. The van der Waals surface area contributed by atoms with Crippen LogP contribution >= 0.6 is 0 Å². The van der Waals surface area contributed by atoms with E-state index < -0.39 is 0 Å². The summed E-state index contributed by atoms with van der Waals surface area (Å²) in [6, 6.07) is 0.0415. The van der Waals surface area contributed by atoms with Gasteiger partial charge in [0.25, 0.3) is 0 Å². The fourth-order valence-electron chi connectivity index (χ4n) is 2.09. The molecule has 0 aromatic carbocycles. The molecule has 0 spiro atoms. The number of rotatable bonds is 5.